The first-order chi connectivity index (χ1) is 11.1. The molecule has 2 aromatic carbocycles. The van der Waals surface area contributed by atoms with Gasteiger partial charge in [-0.25, -0.2) is 9.59 Å². The summed E-state index contributed by atoms with van der Waals surface area (Å²) in [4.78, 5) is 23.3. The van der Waals surface area contributed by atoms with E-state index in [1.165, 1.54) is 0 Å². The minimum absolute atomic E-state index is 0.369. The Bertz CT molecular complexity index is 583. The molecule has 2 unspecified atom stereocenters. The molecule has 0 saturated heterocycles. The van der Waals surface area contributed by atoms with Crippen molar-refractivity contribution in [1.82, 2.24) is 0 Å². The number of hydrogen-bond acceptors (Lipinski definition) is 6. The van der Waals surface area contributed by atoms with Crippen LogP contribution in [-0.4, -0.2) is 28.9 Å². The standard InChI is InChI=1S/C17H16O6/c18-14(12-7-3-1-4-8-12)16(20)22-11-23-17(21)15(19)13-9-5-2-6-10-13/h1-10,14-15,18-19H,11H2. The zero-order valence-electron chi connectivity index (χ0n) is 12.2. The zero-order valence-corrected chi connectivity index (χ0v) is 12.2. The van der Waals surface area contributed by atoms with Gasteiger partial charge in [-0.3, -0.25) is 0 Å². The lowest BCUT2D eigenvalue weighted by atomic mass is 10.1. The summed E-state index contributed by atoms with van der Waals surface area (Å²) in [5, 5.41) is 19.6. The average molecular weight is 316 g/mol. The molecule has 2 aromatic rings. The van der Waals surface area contributed by atoms with E-state index in [-0.39, 0.29) is 0 Å². The maximum atomic E-state index is 11.6. The molecule has 0 aliphatic rings. The summed E-state index contributed by atoms with van der Waals surface area (Å²) in [5.41, 5.74) is 0.737. The van der Waals surface area contributed by atoms with Crippen molar-refractivity contribution in [1.29, 1.82) is 0 Å². The third-order valence-electron chi connectivity index (χ3n) is 3.08. The minimum atomic E-state index is -1.46. The van der Waals surface area contributed by atoms with Gasteiger partial charge in [0.15, 0.2) is 12.2 Å². The van der Waals surface area contributed by atoms with Crippen molar-refractivity contribution in [2.45, 2.75) is 12.2 Å². The van der Waals surface area contributed by atoms with Gasteiger partial charge in [-0.05, 0) is 11.1 Å². The van der Waals surface area contributed by atoms with Crippen LogP contribution in [0.2, 0.25) is 0 Å². The molecule has 6 nitrogen and oxygen atoms in total. The molecule has 0 heterocycles. The molecule has 120 valence electrons. The Labute approximate surface area is 132 Å². The van der Waals surface area contributed by atoms with Crippen LogP contribution in [0.1, 0.15) is 23.3 Å². The summed E-state index contributed by atoms with van der Waals surface area (Å²) in [7, 11) is 0. The van der Waals surface area contributed by atoms with E-state index in [9.17, 15) is 19.8 Å². The average Bonchev–Trinajstić information content (AvgIpc) is 2.61. The number of ether oxygens (including phenoxy) is 2. The van der Waals surface area contributed by atoms with Crippen LogP contribution < -0.4 is 0 Å². The van der Waals surface area contributed by atoms with Gasteiger partial charge in [0.2, 0.25) is 6.79 Å². The summed E-state index contributed by atoms with van der Waals surface area (Å²) >= 11 is 0. The molecule has 6 heteroatoms. The maximum absolute atomic E-state index is 11.6. The molecular formula is C17H16O6. The Morgan fingerprint density at radius 2 is 1.09 bits per heavy atom. The van der Waals surface area contributed by atoms with Gasteiger partial charge in [0.05, 0.1) is 0 Å². The van der Waals surface area contributed by atoms with E-state index in [1.807, 2.05) is 0 Å². The summed E-state index contributed by atoms with van der Waals surface area (Å²) in [6, 6.07) is 16.4. The Hall–Kier alpha value is -2.70. The number of carbonyl (C=O) groups is 2. The number of benzene rings is 2. The van der Waals surface area contributed by atoms with Crippen molar-refractivity contribution in [2.24, 2.45) is 0 Å². The maximum Gasteiger partial charge on any atom is 0.342 e. The van der Waals surface area contributed by atoms with Crippen molar-refractivity contribution in [3.05, 3.63) is 71.8 Å². The third kappa shape index (κ3) is 4.64. The molecule has 0 amide bonds. The van der Waals surface area contributed by atoms with E-state index < -0.39 is 30.9 Å². The van der Waals surface area contributed by atoms with Gasteiger partial charge in [0.25, 0.3) is 0 Å². The van der Waals surface area contributed by atoms with Crippen LogP contribution in [0.15, 0.2) is 60.7 Å². The minimum Gasteiger partial charge on any atom is -0.426 e. The fourth-order valence-electron chi connectivity index (χ4n) is 1.85. The molecule has 2 atom stereocenters. The van der Waals surface area contributed by atoms with Crippen LogP contribution in [0.3, 0.4) is 0 Å². The predicted octanol–water partition coefficient (Wildman–Crippen LogP) is 1.50. The van der Waals surface area contributed by atoms with Crippen LogP contribution in [0.25, 0.3) is 0 Å². The van der Waals surface area contributed by atoms with Gasteiger partial charge in [-0.1, -0.05) is 60.7 Å². The Balaban J connectivity index is 1.80. The van der Waals surface area contributed by atoms with Crippen molar-refractivity contribution >= 4 is 11.9 Å². The zero-order chi connectivity index (χ0) is 16.7. The first-order valence-electron chi connectivity index (χ1n) is 6.89. The Kier molecular flexibility index (Phi) is 5.85. The number of rotatable bonds is 6. The second-order valence-corrected chi connectivity index (χ2v) is 4.67. The Morgan fingerprint density at radius 3 is 1.43 bits per heavy atom. The molecule has 0 radical (unpaired) electrons. The van der Waals surface area contributed by atoms with E-state index in [0.29, 0.717) is 11.1 Å². The highest BCUT2D eigenvalue weighted by Crippen LogP contribution is 2.15. The van der Waals surface area contributed by atoms with E-state index in [2.05, 4.69) is 9.47 Å². The highest BCUT2D eigenvalue weighted by atomic mass is 16.7. The molecule has 0 bridgehead atoms. The van der Waals surface area contributed by atoms with E-state index in [1.54, 1.807) is 60.7 Å². The third-order valence-corrected chi connectivity index (χ3v) is 3.08. The first kappa shape index (κ1) is 16.7. The van der Waals surface area contributed by atoms with Crippen molar-refractivity contribution < 1.29 is 29.3 Å². The molecule has 2 rings (SSSR count). The van der Waals surface area contributed by atoms with Gasteiger partial charge in [0, 0.05) is 0 Å². The topological polar surface area (TPSA) is 93.1 Å². The lowest BCUT2D eigenvalue weighted by Gasteiger charge is -2.13. The fraction of sp³-hybridized carbons (Fsp3) is 0.176. The number of aliphatic hydroxyl groups is 2. The molecular weight excluding hydrogens is 300 g/mol. The van der Waals surface area contributed by atoms with Crippen molar-refractivity contribution in [3.8, 4) is 0 Å². The molecule has 0 spiro atoms. The number of hydrogen-bond donors (Lipinski definition) is 2. The summed E-state index contributed by atoms with van der Waals surface area (Å²) in [5.74, 6) is -1.89. The summed E-state index contributed by atoms with van der Waals surface area (Å²) < 4.78 is 9.34. The highest BCUT2D eigenvalue weighted by Gasteiger charge is 2.21. The summed E-state index contributed by atoms with van der Waals surface area (Å²) in [6.07, 6.45) is -2.93. The molecule has 0 aromatic heterocycles. The van der Waals surface area contributed by atoms with Gasteiger partial charge in [0.1, 0.15) is 0 Å². The second-order valence-electron chi connectivity index (χ2n) is 4.67. The van der Waals surface area contributed by atoms with Crippen LogP contribution >= 0.6 is 0 Å². The SMILES string of the molecule is O=C(OCOC(=O)C(O)c1ccccc1)C(O)c1ccccc1. The lowest BCUT2D eigenvalue weighted by Crippen LogP contribution is -2.21. The number of esters is 2. The molecule has 2 N–H and O–H groups in total. The van der Waals surface area contributed by atoms with Gasteiger partial charge < -0.3 is 19.7 Å². The van der Waals surface area contributed by atoms with Crippen LogP contribution in [0.4, 0.5) is 0 Å². The van der Waals surface area contributed by atoms with Crippen molar-refractivity contribution in [3.63, 3.8) is 0 Å². The van der Waals surface area contributed by atoms with Gasteiger partial charge in [-0.15, -0.1) is 0 Å². The van der Waals surface area contributed by atoms with Gasteiger partial charge >= 0.3 is 11.9 Å². The van der Waals surface area contributed by atoms with E-state index in [0.717, 1.165) is 0 Å². The van der Waals surface area contributed by atoms with E-state index in [4.69, 9.17) is 0 Å². The second kappa shape index (κ2) is 8.07. The fourth-order valence-corrected chi connectivity index (χ4v) is 1.85. The molecule has 0 aliphatic carbocycles. The predicted molar refractivity (Wildman–Crippen MR) is 79.9 cm³/mol. The van der Waals surface area contributed by atoms with E-state index >= 15 is 0 Å². The molecule has 0 aliphatic heterocycles. The summed E-state index contributed by atoms with van der Waals surface area (Å²) in [6.45, 7) is -0.689. The largest absolute Gasteiger partial charge is 0.426 e. The molecule has 0 fully saturated rings. The normalized spacial score (nSPS) is 13.0. The number of carbonyl (C=O) groups excluding carboxylic acids is 2. The van der Waals surface area contributed by atoms with Crippen LogP contribution in [0, 0.1) is 0 Å². The number of aliphatic hydroxyl groups excluding tert-OH is 2. The smallest absolute Gasteiger partial charge is 0.342 e. The van der Waals surface area contributed by atoms with Gasteiger partial charge in [-0.2, -0.15) is 0 Å². The quantitative estimate of drug-likeness (QED) is 0.620. The molecule has 0 saturated carbocycles. The van der Waals surface area contributed by atoms with Crippen molar-refractivity contribution in [2.75, 3.05) is 6.79 Å². The highest BCUT2D eigenvalue weighted by molar-refractivity contribution is 5.77. The monoisotopic (exact) mass is 316 g/mol. The lowest BCUT2D eigenvalue weighted by molar-refractivity contribution is -0.178. The molecule has 23 heavy (non-hydrogen) atoms. The van der Waals surface area contributed by atoms with Crippen LogP contribution in [0.5, 0.6) is 0 Å². The Morgan fingerprint density at radius 1 is 0.739 bits per heavy atom. The first-order valence-corrected chi connectivity index (χ1v) is 6.89. The van der Waals surface area contributed by atoms with Crippen LogP contribution in [-0.2, 0) is 19.1 Å².